The molecule has 0 spiro atoms. The zero-order valence-electron chi connectivity index (χ0n) is 13.4. The quantitative estimate of drug-likeness (QED) is 0.564. The Morgan fingerprint density at radius 3 is 2.96 bits per heavy atom. The van der Waals surface area contributed by atoms with Gasteiger partial charge in [0.15, 0.2) is 21.5 Å². The zero-order chi connectivity index (χ0) is 17.7. The first kappa shape index (κ1) is 15.5. The van der Waals surface area contributed by atoms with Crippen molar-refractivity contribution in [2.75, 3.05) is 11.1 Å². The van der Waals surface area contributed by atoms with Gasteiger partial charge in [-0.3, -0.25) is 5.10 Å². The van der Waals surface area contributed by atoms with Gasteiger partial charge in [-0.2, -0.15) is 5.10 Å². The minimum atomic E-state index is -3.19. The van der Waals surface area contributed by atoms with E-state index in [1.165, 1.54) is 0 Å². The third kappa shape index (κ3) is 2.47. The summed E-state index contributed by atoms with van der Waals surface area (Å²) in [6, 6.07) is 9.30. The highest BCUT2D eigenvalue weighted by Gasteiger charge is 2.26. The Labute approximate surface area is 153 Å². The number of anilines is 2. The molecule has 130 valence electrons. The molecule has 0 saturated heterocycles. The van der Waals surface area contributed by atoms with Crippen molar-refractivity contribution in [1.82, 2.24) is 20.2 Å². The first-order chi connectivity index (χ1) is 12.6. The second kappa shape index (κ2) is 5.61. The summed E-state index contributed by atoms with van der Waals surface area (Å²) >= 11 is 1.56. The Balaban J connectivity index is 1.61. The molecule has 4 heterocycles. The fourth-order valence-electron chi connectivity index (χ4n) is 3.07. The number of nitrogens with zero attached hydrogens (tertiary/aromatic N) is 3. The number of sulfone groups is 1. The molecule has 0 atom stereocenters. The molecule has 1 aliphatic heterocycles. The summed E-state index contributed by atoms with van der Waals surface area (Å²) in [6.07, 6.45) is 2.21. The van der Waals surface area contributed by atoms with Gasteiger partial charge in [0.05, 0.1) is 21.7 Å². The van der Waals surface area contributed by atoms with Gasteiger partial charge in [-0.15, -0.1) is 11.3 Å². The van der Waals surface area contributed by atoms with Gasteiger partial charge < -0.3 is 5.32 Å². The van der Waals surface area contributed by atoms with Crippen LogP contribution in [0, 0.1) is 0 Å². The highest BCUT2D eigenvalue weighted by Crippen LogP contribution is 2.32. The van der Waals surface area contributed by atoms with Crippen molar-refractivity contribution in [1.29, 1.82) is 0 Å². The third-order valence-electron chi connectivity index (χ3n) is 4.35. The Kier molecular flexibility index (Phi) is 3.34. The summed E-state index contributed by atoms with van der Waals surface area (Å²) in [5, 5.41) is 12.1. The molecule has 5 rings (SSSR count). The molecule has 0 bridgehead atoms. The largest absolute Gasteiger partial charge is 0.338 e. The number of nitrogens with one attached hydrogen (secondary N) is 2. The predicted molar refractivity (Wildman–Crippen MR) is 100 cm³/mol. The van der Waals surface area contributed by atoms with Gasteiger partial charge in [-0.05, 0) is 35.6 Å². The lowest BCUT2D eigenvalue weighted by molar-refractivity contribution is 0.600. The zero-order valence-corrected chi connectivity index (χ0v) is 15.1. The van der Waals surface area contributed by atoms with Gasteiger partial charge in [-0.1, -0.05) is 12.1 Å². The van der Waals surface area contributed by atoms with Crippen molar-refractivity contribution in [3.63, 3.8) is 0 Å². The summed E-state index contributed by atoms with van der Waals surface area (Å²) in [5.41, 5.74) is 2.90. The number of hydrogen-bond acceptors (Lipinski definition) is 7. The molecule has 0 radical (unpaired) electrons. The van der Waals surface area contributed by atoms with E-state index in [-0.39, 0.29) is 5.75 Å². The van der Waals surface area contributed by atoms with Crippen molar-refractivity contribution in [2.45, 2.75) is 11.3 Å². The number of H-pyrrole nitrogens is 1. The normalized spacial score (nSPS) is 15.2. The molecule has 1 aromatic carbocycles. The van der Waals surface area contributed by atoms with Crippen molar-refractivity contribution in [3.8, 4) is 10.7 Å². The molecule has 0 unspecified atom stereocenters. The number of thiophene rings is 1. The molecule has 0 saturated carbocycles. The second-order valence-corrected chi connectivity index (χ2v) is 9.05. The molecule has 1 aliphatic rings. The summed E-state index contributed by atoms with van der Waals surface area (Å²) in [6.45, 7) is 0. The van der Waals surface area contributed by atoms with Gasteiger partial charge in [0.25, 0.3) is 0 Å². The van der Waals surface area contributed by atoms with Crippen molar-refractivity contribution in [2.24, 2.45) is 0 Å². The molecule has 0 amide bonds. The Morgan fingerprint density at radius 1 is 1.19 bits per heavy atom. The first-order valence-corrected chi connectivity index (χ1v) is 10.5. The molecule has 26 heavy (non-hydrogen) atoms. The maximum absolute atomic E-state index is 12.2. The lowest BCUT2D eigenvalue weighted by Gasteiger charge is -2.09. The number of hydrogen-bond donors (Lipinski definition) is 2. The molecule has 4 aromatic rings. The van der Waals surface area contributed by atoms with Crippen LogP contribution in [0.3, 0.4) is 0 Å². The standard InChI is InChI=1S/C17H13N5O2S2/c23-26(24)7-5-10-3-4-11(8-14(10)26)19-17-15-12(9-18-22-15)20-16(21-17)13-2-1-6-25-13/h1-4,6,8-9H,5,7H2,(H,18,22)(H,19,20,21). The van der Waals surface area contributed by atoms with Crippen LogP contribution < -0.4 is 5.32 Å². The number of fused-ring (bicyclic) bond motifs is 2. The van der Waals surface area contributed by atoms with Crippen LogP contribution in [0.15, 0.2) is 46.8 Å². The monoisotopic (exact) mass is 383 g/mol. The van der Waals surface area contributed by atoms with E-state index >= 15 is 0 Å². The van der Waals surface area contributed by atoms with E-state index < -0.39 is 9.84 Å². The topological polar surface area (TPSA) is 101 Å². The molecule has 0 aliphatic carbocycles. The summed E-state index contributed by atoms with van der Waals surface area (Å²) in [4.78, 5) is 10.5. The summed E-state index contributed by atoms with van der Waals surface area (Å²) in [5.74, 6) is 1.34. The van der Waals surface area contributed by atoms with Crippen molar-refractivity contribution >= 4 is 43.7 Å². The first-order valence-electron chi connectivity index (χ1n) is 7.98. The van der Waals surface area contributed by atoms with E-state index in [0.29, 0.717) is 39.7 Å². The molecule has 7 nitrogen and oxygen atoms in total. The van der Waals surface area contributed by atoms with Crippen LogP contribution in [0.4, 0.5) is 11.5 Å². The van der Waals surface area contributed by atoms with E-state index in [1.807, 2.05) is 29.6 Å². The Bertz CT molecular complexity index is 1230. The van der Waals surface area contributed by atoms with Crippen LogP contribution in [0.1, 0.15) is 5.56 Å². The number of aryl methyl sites for hydroxylation is 1. The van der Waals surface area contributed by atoms with Gasteiger partial charge in [0, 0.05) is 5.69 Å². The highest BCUT2D eigenvalue weighted by atomic mass is 32.2. The van der Waals surface area contributed by atoms with Crippen LogP contribution in [-0.2, 0) is 16.3 Å². The molecular weight excluding hydrogens is 370 g/mol. The van der Waals surface area contributed by atoms with E-state index in [4.69, 9.17) is 0 Å². The summed E-state index contributed by atoms with van der Waals surface area (Å²) < 4.78 is 24.3. The van der Waals surface area contributed by atoms with E-state index in [1.54, 1.807) is 23.6 Å². The SMILES string of the molecule is O=S1(=O)CCc2ccc(Nc3nc(-c4cccs4)nc4cn[nH]c34)cc21. The van der Waals surface area contributed by atoms with E-state index in [0.717, 1.165) is 10.4 Å². The average molecular weight is 383 g/mol. The number of aromatic nitrogens is 4. The maximum Gasteiger partial charge on any atom is 0.179 e. The smallest absolute Gasteiger partial charge is 0.179 e. The molecule has 9 heteroatoms. The van der Waals surface area contributed by atoms with Crippen LogP contribution in [0.5, 0.6) is 0 Å². The number of aromatic amines is 1. The molecule has 2 N–H and O–H groups in total. The van der Waals surface area contributed by atoms with E-state index in [2.05, 4.69) is 25.5 Å². The highest BCUT2D eigenvalue weighted by molar-refractivity contribution is 7.91. The molecule has 0 fully saturated rings. The van der Waals surface area contributed by atoms with Gasteiger partial charge >= 0.3 is 0 Å². The fraction of sp³-hybridized carbons (Fsp3) is 0.118. The summed E-state index contributed by atoms with van der Waals surface area (Å²) in [7, 11) is -3.19. The lowest BCUT2D eigenvalue weighted by Crippen LogP contribution is -2.01. The van der Waals surface area contributed by atoms with Crippen LogP contribution >= 0.6 is 11.3 Å². The Hall–Kier alpha value is -2.78. The maximum atomic E-state index is 12.2. The van der Waals surface area contributed by atoms with E-state index in [9.17, 15) is 8.42 Å². The van der Waals surface area contributed by atoms with Gasteiger partial charge in [0.2, 0.25) is 0 Å². The second-order valence-electron chi connectivity index (χ2n) is 6.02. The minimum absolute atomic E-state index is 0.173. The fourth-order valence-corrected chi connectivity index (χ4v) is 5.31. The van der Waals surface area contributed by atoms with Crippen LogP contribution in [0.25, 0.3) is 21.7 Å². The molecule has 3 aromatic heterocycles. The van der Waals surface area contributed by atoms with Crippen LogP contribution in [0.2, 0.25) is 0 Å². The van der Waals surface area contributed by atoms with Crippen molar-refractivity contribution < 1.29 is 8.42 Å². The van der Waals surface area contributed by atoms with Crippen molar-refractivity contribution in [3.05, 3.63) is 47.5 Å². The number of benzene rings is 1. The average Bonchev–Trinajstić information content (AvgIpc) is 3.36. The minimum Gasteiger partial charge on any atom is -0.338 e. The predicted octanol–water partition coefficient (Wildman–Crippen LogP) is 3.15. The number of rotatable bonds is 3. The molecular formula is C17H13N5O2S2. The van der Waals surface area contributed by atoms with Gasteiger partial charge in [0.1, 0.15) is 11.0 Å². The third-order valence-corrected chi connectivity index (χ3v) is 7.00. The van der Waals surface area contributed by atoms with Gasteiger partial charge in [-0.25, -0.2) is 18.4 Å². The Morgan fingerprint density at radius 2 is 2.12 bits per heavy atom. The lowest BCUT2D eigenvalue weighted by atomic mass is 10.1. The van der Waals surface area contributed by atoms with Crippen LogP contribution in [-0.4, -0.2) is 34.3 Å².